The van der Waals surface area contributed by atoms with Gasteiger partial charge >= 0.3 is 0 Å². The second-order valence-corrected chi connectivity index (χ2v) is 8.97. The van der Waals surface area contributed by atoms with Crippen molar-refractivity contribution in [1.82, 2.24) is 10.0 Å². The number of benzene rings is 2. The molecule has 0 heterocycles. The van der Waals surface area contributed by atoms with Crippen molar-refractivity contribution in [2.24, 2.45) is 5.92 Å². The maximum atomic E-state index is 12.8. The Balaban J connectivity index is 2.16. The molecule has 2 aromatic carbocycles. The molecule has 5 nitrogen and oxygen atoms in total. The first-order chi connectivity index (χ1) is 12.7. The Kier molecular flexibility index (Phi) is 7.16. The molecular formula is C21H28N2O3S. The van der Waals surface area contributed by atoms with Crippen LogP contribution in [0.15, 0.2) is 59.5 Å². The molecule has 0 unspecified atom stereocenters. The van der Waals surface area contributed by atoms with Gasteiger partial charge < -0.3 is 5.32 Å². The van der Waals surface area contributed by atoms with E-state index >= 15 is 0 Å². The van der Waals surface area contributed by atoms with E-state index < -0.39 is 16.1 Å². The Morgan fingerprint density at radius 3 is 2.11 bits per heavy atom. The molecule has 0 aliphatic heterocycles. The Morgan fingerprint density at radius 2 is 1.56 bits per heavy atom. The molecule has 1 amide bonds. The van der Waals surface area contributed by atoms with Gasteiger partial charge in [-0.15, -0.1) is 0 Å². The van der Waals surface area contributed by atoms with Crippen LogP contribution in [-0.4, -0.2) is 20.4 Å². The van der Waals surface area contributed by atoms with Crippen LogP contribution in [0.3, 0.4) is 0 Å². The third kappa shape index (κ3) is 6.19. The summed E-state index contributed by atoms with van der Waals surface area (Å²) in [4.78, 5) is 12.9. The fourth-order valence-electron chi connectivity index (χ4n) is 2.79. The predicted molar refractivity (Wildman–Crippen MR) is 108 cm³/mol. The van der Waals surface area contributed by atoms with Crippen molar-refractivity contribution in [2.75, 3.05) is 0 Å². The summed E-state index contributed by atoms with van der Waals surface area (Å²) in [6.07, 6.45) is 0.415. The average molecular weight is 389 g/mol. The van der Waals surface area contributed by atoms with Crippen LogP contribution in [0.5, 0.6) is 0 Å². The van der Waals surface area contributed by atoms with Crippen molar-refractivity contribution < 1.29 is 13.2 Å². The van der Waals surface area contributed by atoms with Crippen molar-refractivity contribution in [3.63, 3.8) is 0 Å². The summed E-state index contributed by atoms with van der Waals surface area (Å²) in [6, 6.07) is 15.1. The first kappa shape index (κ1) is 21.1. The topological polar surface area (TPSA) is 75.3 Å². The van der Waals surface area contributed by atoms with Gasteiger partial charge in [-0.1, -0.05) is 61.9 Å². The van der Waals surface area contributed by atoms with Crippen molar-refractivity contribution in [1.29, 1.82) is 0 Å². The lowest BCUT2D eigenvalue weighted by atomic mass is 10.0. The monoisotopic (exact) mass is 388 g/mol. The summed E-state index contributed by atoms with van der Waals surface area (Å²) < 4.78 is 28.0. The third-order valence-electron chi connectivity index (χ3n) is 4.31. The van der Waals surface area contributed by atoms with E-state index in [2.05, 4.69) is 10.0 Å². The van der Waals surface area contributed by atoms with Crippen LogP contribution in [0.4, 0.5) is 0 Å². The normalized spacial score (nSPS) is 14.0. The fraction of sp³-hybridized carbons (Fsp3) is 0.381. The smallest absolute Gasteiger partial charge is 0.241 e. The highest BCUT2D eigenvalue weighted by atomic mass is 32.2. The lowest BCUT2D eigenvalue weighted by molar-refractivity contribution is -0.123. The van der Waals surface area contributed by atoms with Crippen LogP contribution in [0.25, 0.3) is 0 Å². The van der Waals surface area contributed by atoms with E-state index in [1.165, 1.54) is 0 Å². The van der Waals surface area contributed by atoms with Gasteiger partial charge in [0, 0.05) is 0 Å². The summed E-state index contributed by atoms with van der Waals surface area (Å²) in [5.74, 6) is -0.163. The third-order valence-corrected chi connectivity index (χ3v) is 5.80. The summed E-state index contributed by atoms with van der Waals surface area (Å²) in [5, 5.41) is 2.92. The van der Waals surface area contributed by atoms with E-state index in [-0.39, 0.29) is 22.8 Å². The first-order valence-electron chi connectivity index (χ1n) is 9.13. The van der Waals surface area contributed by atoms with Gasteiger partial charge in [0.05, 0.1) is 10.9 Å². The Morgan fingerprint density at radius 1 is 0.963 bits per heavy atom. The molecule has 2 atom stereocenters. The molecule has 0 aromatic heterocycles. The number of nitrogens with one attached hydrogen (secondary N) is 2. The molecule has 27 heavy (non-hydrogen) atoms. The lowest BCUT2D eigenvalue weighted by Gasteiger charge is -2.23. The van der Waals surface area contributed by atoms with Crippen LogP contribution in [0.2, 0.25) is 0 Å². The van der Waals surface area contributed by atoms with E-state index in [9.17, 15) is 13.2 Å². The average Bonchev–Trinajstić information content (AvgIpc) is 2.61. The van der Waals surface area contributed by atoms with Crippen LogP contribution in [0.1, 0.15) is 44.4 Å². The molecule has 0 saturated heterocycles. The second kappa shape index (κ2) is 9.15. The second-order valence-electron chi connectivity index (χ2n) is 7.26. The Labute approximate surface area is 162 Å². The first-order valence-corrected chi connectivity index (χ1v) is 10.6. The molecule has 6 heteroatoms. The molecule has 0 aliphatic rings. The summed E-state index contributed by atoms with van der Waals surface area (Å²) >= 11 is 0. The predicted octanol–water partition coefficient (Wildman–Crippen LogP) is 3.57. The van der Waals surface area contributed by atoms with Crippen molar-refractivity contribution in [3.05, 3.63) is 65.7 Å². The Bertz CT molecular complexity index is 847. The molecular weight excluding hydrogens is 360 g/mol. The molecule has 2 N–H and O–H groups in total. The lowest BCUT2D eigenvalue weighted by Crippen LogP contribution is -2.47. The van der Waals surface area contributed by atoms with E-state index in [0.29, 0.717) is 6.42 Å². The molecule has 0 spiro atoms. The van der Waals surface area contributed by atoms with Gasteiger partial charge in [0.1, 0.15) is 6.04 Å². The van der Waals surface area contributed by atoms with Gasteiger partial charge in [-0.3, -0.25) is 4.79 Å². The summed E-state index contributed by atoms with van der Waals surface area (Å²) in [6.45, 7) is 7.69. The number of hydrogen-bond acceptors (Lipinski definition) is 3. The van der Waals surface area contributed by atoms with Gasteiger partial charge in [-0.05, 0) is 43.9 Å². The van der Waals surface area contributed by atoms with E-state index in [1.54, 1.807) is 24.3 Å². The SMILES string of the molecule is Cc1ccc(S(=O)(=O)N[C@H](CC(C)C)C(=O)N[C@@H](C)c2ccccc2)cc1. The molecule has 2 rings (SSSR count). The zero-order valence-corrected chi connectivity index (χ0v) is 17.1. The van der Waals surface area contributed by atoms with Gasteiger partial charge in [-0.2, -0.15) is 4.72 Å². The molecule has 0 radical (unpaired) electrons. The summed E-state index contributed by atoms with van der Waals surface area (Å²) in [5.41, 5.74) is 1.94. The fourth-order valence-corrected chi connectivity index (χ4v) is 4.00. The zero-order valence-electron chi connectivity index (χ0n) is 16.3. The highest BCUT2D eigenvalue weighted by molar-refractivity contribution is 7.89. The number of carbonyl (C=O) groups is 1. The van der Waals surface area contributed by atoms with Crippen LogP contribution in [0, 0.1) is 12.8 Å². The molecule has 0 aliphatic carbocycles. The minimum atomic E-state index is -3.78. The number of amides is 1. The van der Waals surface area contributed by atoms with E-state index in [0.717, 1.165) is 11.1 Å². The van der Waals surface area contributed by atoms with Gasteiger partial charge in [-0.25, -0.2) is 8.42 Å². The highest BCUT2D eigenvalue weighted by Crippen LogP contribution is 2.16. The van der Waals surface area contributed by atoms with Crippen LogP contribution >= 0.6 is 0 Å². The van der Waals surface area contributed by atoms with E-state index in [1.807, 2.05) is 58.0 Å². The molecule has 0 saturated carbocycles. The molecule has 2 aromatic rings. The van der Waals surface area contributed by atoms with Crippen molar-refractivity contribution >= 4 is 15.9 Å². The van der Waals surface area contributed by atoms with Gasteiger partial charge in [0.25, 0.3) is 0 Å². The largest absolute Gasteiger partial charge is 0.348 e. The minimum Gasteiger partial charge on any atom is -0.348 e. The van der Waals surface area contributed by atoms with Crippen LogP contribution < -0.4 is 10.0 Å². The quantitative estimate of drug-likeness (QED) is 0.726. The van der Waals surface area contributed by atoms with Gasteiger partial charge in [0.2, 0.25) is 15.9 Å². The molecule has 0 bridgehead atoms. The van der Waals surface area contributed by atoms with Crippen LogP contribution in [-0.2, 0) is 14.8 Å². The maximum Gasteiger partial charge on any atom is 0.241 e. The zero-order chi connectivity index (χ0) is 20.0. The number of rotatable bonds is 8. The number of aryl methyl sites for hydroxylation is 1. The minimum absolute atomic E-state index is 0.158. The molecule has 146 valence electrons. The highest BCUT2D eigenvalue weighted by Gasteiger charge is 2.27. The number of hydrogen-bond donors (Lipinski definition) is 2. The standard InChI is InChI=1S/C21H28N2O3S/c1-15(2)14-20(21(24)22-17(4)18-8-6-5-7-9-18)23-27(25,26)19-12-10-16(3)11-13-19/h5-13,15,17,20,23H,14H2,1-4H3,(H,22,24)/t17-,20+/m0/s1. The van der Waals surface area contributed by atoms with Gasteiger partial charge in [0.15, 0.2) is 0 Å². The summed E-state index contributed by atoms with van der Waals surface area (Å²) in [7, 11) is -3.78. The number of sulfonamides is 1. The van der Waals surface area contributed by atoms with Crippen molar-refractivity contribution in [2.45, 2.75) is 51.1 Å². The maximum absolute atomic E-state index is 12.8. The number of carbonyl (C=O) groups excluding carboxylic acids is 1. The van der Waals surface area contributed by atoms with Crippen molar-refractivity contribution in [3.8, 4) is 0 Å². The molecule has 0 fully saturated rings. The van der Waals surface area contributed by atoms with E-state index in [4.69, 9.17) is 0 Å². The Hall–Kier alpha value is -2.18.